The highest BCUT2D eigenvalue weighted by Crippen LogP contribution is 2.35. The number of pyridine rings is 1. The molecule has 0 radical (unpaired) electrons. The number of nitrogens with one attached hydrogen (secondary N) is 2. The fourth-order valence-electron chi connectivity index (χ4n) is 3.53. The monoisotopic (exact) mass is 459 g/mol. The van der Waals surface area contributed by atoms with Crippen LogP contribution in [0.4, 0.5) is 28.0 Å². The van der Waals surface area contributed by atoms with Crippen LogP contribution in [0.25, 0.3) is 10.9 Å². The second-order valence-corrected chi connectivity index (χ2v) is 7.62. The van der Waals surface area contributed by atoms with Crippen molar-refractivity contribution in [2.45, 2.75) is 11.7 Å². The maximum absolute atomic E-state index is 13.7. The average Bonchev–Trinajstić information content (AvgIpc) is 3.11. The van der Waals surface area contributed by atoms with E-state index in [2.05, 4.69) is 15.4 Å². The van der Waals surface area contributed by atoms with Crippen molar-refractivity contribution in [2.75, 3.05) is 31.9 Å². The number of carbonyl (C=O) groups is 1. The van der Waals surface area contributed by atoms with Crippen LogP contribution in [0, 0.1) is 5.82 Å². The van der Waals surface area contributed by atoms with E-state index < -0.39 is 36.2 Å². The molecule has 1 aliphatic heterocycles. The van der Waals surface area contributed by atoms with Gasteiger partial charge in [0.15, 0.2) is 5.82 Å². The summed E-state index contributed by atoms with van der Waals surface area (Å²) in [5, 5.41) is 9.36. The Hall–Kier alpha value is -3.08. The van der Waals surface area contributed by atoms with Crippen molar-refractivity contribution < 1.29 is 26.5 Å². The number of hydrogen-bond acceptors (Lipinski definition) is 4. The van der Waals surface area contributed by atoms with Gasteiger partial charge in [0.1, 0.15) is 11.2 Å². The molecule has 12 heteroatoms. The zero-order valence-electron chi connectivity index (χ0n) is 18.7. The van der Waals surface area contributed by atoms with E-state index in [1.165, 1.54) is 27.8 Å². The molecule has 3 heterocycles. The topological polar surface area (TPSA) is 75.1 Å². The van der Waals surface area contributed by atoms with Gasteiger partial charge >= 0.3 is 12.2 Å². The minimum absolute atomic E-state index is 0.0609. The van der Waals surface area contributed by atoms with E-state index in [9.17, 15) is 22.4 Å². The van der Waals surface area contributed by atoms with Gasteiger partial charge in [0.2, 0.25) is 0 Å². The molecule has 1 aromatic carbocycles. The number of carbonyl (C=O) groups excluding carboxylic acids is 1. The van der Waals surface area contributed by atoms with Gasteiger partial charge in [-0.25, -0.2) is 14.2 Å². The lowest BCUT2D eigenvalue weighted by Crippen LogP contribution is -2.68. The number of alkyl halides is 3. The molecule has 0 aliphatic carbocycles. The Kier molecular flexibility index (Phi) is 4.29. The standard InChI is InChI=1S/C19H17ClF4N6O/c1-25-17(31)29-9-18(10-29,30-7-12(21)6-27-30)8-26-15-5-16(19(22,23)24)28-14-3-2-11(20)4-13(14)15/h2-7H,8-10H2,1H3,(H,25,31)(H,26,28)/i1D3. The number of fused-ring (bicyclic) bond motifs is 1. The maximum Gasteiger partial charge on any atom is 0.433 e. The predicted octanol–water partition coefficient (Wildman–Crippen LogP) is 3.71. The number of urea groups is 1. The van der Waals surface area contributed by atoms with Crippen LogP contribution in [-0.2, 0) is 11.7 Å². The molecule has 0 bridgehead atoms. The van der Waals surface area contributed by atoms with Gasteiger partial charge in [-0.3, -0.25) is 4.68 Å². The van der Waals surface area contributed by atoms with Crippen molar-refractivity contribution in [3.63, 3.8) is 0 Å². The average molecular weight is 460 g/mol. The number of nitrogens with zero attached hydrogens (tertiary/aromatic N) is 4. The zero-order chi connectivity index (χ0) is 24.9. The van der Waals surface area contributed by atoms with Gasteiger partial charge in [0, 0.05) is 33.7 Å². The normalized spacial score (nSPS) is 17.5. The molecule has 2 aromatic heterocycles. The second kappa shape index (κ2) is 7.56. The van der Waals surface area contributed by atoms with E-state index in [1.807, 2.05) is 5.32 Å². The van der Waals surface area contributed by atoms with Gasteiger partial charge in [-0.05, 0) is 24.3 Å². The van der Waals surface area contributed by atoms with Crippen LogP contribution in [0.2, 0.25) is 5.02 Å². The van der Waals surface area contributed by atoms with E-state index in [1.54, 1.807) is 0 Å². The van der Waals surface area contributed by atoms with E-state index >= 15 is 0 Å². The van der Waals surface area contributed by atoms with E-state index in [-0.39, 0.29) is 35.9 Å². The van der Waals surface area contributed by atoms with Gasteiger partial charge in [-0.15, -0.1) is 0 Å². The molecule has 1 fully saturated rings. The number of likely N-dealkylation sites (tertiary alicyclic amines) is 1. The minimum atomic E-state index is -4.70. The molecule has 0 spiro atoms. The Morgan fingerprint density at radius 2 is 2.13 bits per heavy atom. The first-order valence-corrected chi connectivity index (χ1v) is 9.33. The SMILES string of the molecule is [2H]C([2H])([2H])NC(=O)N1CC(CNc2cc(C(F)(F)F)nc3ccc(Cl)cc23)(n2cc(F)cn2)C1. The molecule has 1 aliphatic rings. The summed E-state index contributed by atoms with van der Waals surface area (Å²) in [5.41, 5.74) is -2.02. The highest BCUT2D eigenvalue weighted by molar-refractivity contribution is 6.31. The van der Waals surface area contributed by atoms with Crippen molar-refractivity contribution in [3.05, 3.63) is 53.2 Å². The molecule has 2 N–H and O–H groups in total. The summed E-state index contributed by atoms with van der Waals surface area (Å²) in [4.78, 5) is 17.0. The summed E-state index contributed by atoms with van der Waals surface area (Å²) in [6.45, 7) is -2.90. The molecule has 1 saturated heterocycles. The van der Waals surface area contributed by atoms with Gasteiger partial charge in [0.25, 0.3) is 0 Å². The number of halogens is 5. The van der Waals surface area contributed by atoms with Gasteiger partial charge in [-0.1, -0.05) is 11.6 Å². The minimum Gasteiger partial charge on any atom is -0.382 e. The Labute approximate surface area is 183 Å². The molecule has 0 atom stereocenters. The van der Waals surface area contributed by atoms with Crippen molar-refractivity contribution in [3.8, 4) is 0 Å². The number of aromatic nitrogens is 3. The first-order chi connectivity index (χ1) is 15.8. The summed E-state index contributed by atoms with van der Waals surface area (Å²) >= 11 is 6.02. The number of amides is 2. The van der Waals surface area contributed by atoms with Crippen molar-refractivity contribution in [1.82, 2.24) is 25.0 Å². The van der Waals surface area contributed by atoms with E-state index in [4.69, 9.17) is 15.7 Å². The van der Waals surface area contributed by atoms with Gasteiger partial charge < -0.3 is 15.5 Å². The first-order valence-electron chi connectivity index (χ1n) is 10.4. The van der Waals surface area contributed by atoms with Crippen molar-refractivity contribution in [1.29, 1.82) is 0 Å². The third kappa shape index (κ3) is 3.97. The van der Waals surface area contributed by atoms with Crippen LogP contribution in [0.15, 0.2) is 36.7 Å². The number of benzene rings is 1. The highest BCUT2D eigenvalue weighted by Gasteiger charge is 2.47. The molecular weight excluding hydrogens is 440 g/mol. The van der Waals surface area contributed by atoms with Crippen LogP contribution >= 0.6 is 11.6 Å². The summed E-state index contributed by atoms with van der Waals surface area (Å²) in [5.74, 6) is -0.648. The molecule has 164 valence electrons. The highest BCUT2D eigenvalue weighted by atomic mass is 35.5. The van der Waals surface area contributed by atoms with Crippen LogP contribution < -0.4 is 10.6 Å². The molecule has 31 heavy (non-hydrogen) atoms. The molecule has 4 rings (SSSR count). The number of anilines is 1. The van der Waals surface area contributed by atoms with Crippen LogP contribution in [0.3, 0.4) is 0 Å². The Morgan fingerprint density at radius 1 is 1.35 bits per heavy atom. The third-order valence-electron chi connectivity index (χ3n) is 5.07. The molecule has 7 nitrogen and oxygen atoms in total. The van der Waals surface area contributed by atoms with E-state index in [0.29, 0.717) is 5.39 Å². The summed E-state index contributed by atoms with van der Waals surface area (Å²) < 4.78 is 76.6. The smallest absolute Gasteiger partial charge is 0.382 e. The lowest BCUT2D eigenvalue weighted by atomic mass is 9.89. The third-order valence-corrected chi connectivity index (χ3v) is 5.31. The lowest BCUT2D eigenvalue weighted by molar-refractivity contribution is -0.140. The second-order valence-electron chi connectivity index (χ2n) is 7.18. The maximum atomic E-state index is 13.7. The van der Waals surface area contributed by atoms with Gasteiger partial charge in [-0.2, -0.15) is 18.3 Å². The summed E-state index contributed by atoms with van der Waals surface area (Å²) in [7, 11) is 0. The molecule has 0 saturated carbocycles. The summed E-state index contributed by atoms with van der Waals surface area (Å²) in [6.07, 6.45) is -2.66. The predicted molar refractivity (Wildman–Crippen MR) is 106 cm³/mol. The fraction of sp³-hybridized carbons (Fsp3) is 0.316. The van der Waals surface area contributed by atoms with Crippen LogP contribution in [0.5, 0.6) is 0 Å². The van der Waals surface area contributed by atoms with Gasteiger partial charge in [0.05, 0.1) is 31.0 Å². The zero-order valence-corrected chi connectivity index (χ0v) is 16.4. The number of rotatable bonds is 4. The quantitative estimate of drug-likeness (QED) is 0.583. The van der Waals surface area contributed by atoms with Crippen LogP contribution in [0.1, 0.15) is 9.81 Å². The number of hydrogen-bond donors (Lipinski definition) is 2. The van der Waals surface area contributed by atoms with Crippen LogP contribution in [-0.4, -0.2) is 52.3 Å². The fourth-order valence-corrected chi connectivity index (χ4v) is 3.71. The largest absolute Gasteiger partial charge is 0.433 e. The lowest BCUT2D eigenvalue weighted by Gasteiger charge is -2.49. The Balaban J connectivity index is 1.64. The van der Waals surface area contributed by atoms with E-state index in [0.717, 1.165) is 18.5 Å². The Bertz CT molecular complexity index is 1240. The molecule has 2 amide bonds. The Morgan fingerprint density at radius 3 is 2.77 bits per heavy atom. The molecule has 3 aromatic rings. The van der Waals surface area contributed by atoms with Crippen molar-refractivity contribution >= 4 is 34.2 Å². The molecule has 0 unspecified atom stereocenters. The van der Waals surface area contributed by atoms with Crippen molar-refractivity contribution in [2.24, 2.45) is 0 Å². The summed E-state index contributed by atoms with van der Waals surface area (Å²) in [6, 6.07) is 4.23. The first kappa shape index (κ1) is 17.6. The molecular formula is C19H17ClF4N6O.